The maximum absolute atomic E-state index is 11.4. The Kier molecular flexibility index (Phi) is 3.57. The van der Waals surface area contributed by atoms with Gasteiger partial charge in [-0.25, -0.2) is 0 Å². The van der Waals surface area contributed by atoms with Crippen molar-refractivity contribution >= 4 is 5.78 Å². The maximum Gasteiger partial charge on any atom is 0.195 e. The number of Topliss-reactive ketones (excluding diaryl/α,β-unsaturated/α-hetero) is 1. The van der Waals surface area contributed by atoms with Crippen molar-refractivity contribution in [1.29, 1.82) is 0 Å². The third kappa shape index (κ3) is 2.82. The minimum Gasteiger partial charge on any atom is -0.483 e. The van der Waals surface area contributed by atoms with Crippen molar-refractivity contribution in [3.8, 4) is 11.5 Å². The van der Waals surface area contributed by atoms with Gasteiger partial charge in [-0.1, -0.05) is 12.1 Å². The van der Waals surface area contributed by atoms with Crippen LogP contribution < -0.4 is 9.47 Å². The molecule has 1 aliphatic rings. The SMILES string of the molecule is COCC(=O)COc1cccc2c1OC(C)(C)C2. The van der Waals surface area contributed by atoms with Gasteiger partial charge in [-0.15, -0.1) is 0 Å². The minimum atomic E-state index is -0.210. The quantitative estimate of drug-likeness (QED) is 0.801. The van der Waals surface area contributed by atoms with E-state index in [2.05, 4.69) is 0 Å². The summed E-state index contributed by atoms with van der Waals surface area (Å²) >= 11 is 0. The van der Waals surface area contributed by atoms with Gasteiger partial charge in [0.25, 0.3) is 0 Å². The number of rotatable bonds is 5. The Morgan fingerprint density at radius 3 is 2.89 bits per heavy atom. The zero-order chi connectivity index (χ0) is 13.2. The lowest BCUT2D eigenvalue weighted by Crippen LogP contribution is -2.25. The first-order valence-corrected chi connectivity index (χ1v) is 5.96. The average molecular weight is 250 g/mol. The topological polar surface area (TPSA) is 44.8 Å². The molecular formula is C14H18O4. The van der Waals surface area contributed by atoms with Crippen LogP contribution in [-0.2, 0) is 16.0 Å². The van der Waals surface area contributed by atoms with E-state index in [1.54, 1.807) is 0 Å². The molecule has 0 unspecified atom stereocenters. The highest BCUT2D eigenvalue weighted by molar-refractivity contribution is 5.81. The molecule has 2 rings (SSSR count). The van der Waals surface area contributed by atoms with Crippen LogP contribution in [-0.4, -0.2) is 31.7 Å². The summed E-state index contributed by atoms with van der Waals surface area (Å²) in [7, 11) is 1.49. The molecule has 0 fully saturated rings. The molecular weight excluding hydrogens is 232 g/mol. The molecule has 0 aliphatic carbocycles. The van der Waals surface area contributed by atoms with Crippen molar-refractivity contribution in [2.45, 2.75) is 25.9 Å². The zero-order valence-electron chi connectivity index (χ0n) is 11.0. The summed E-state index contributed by atoms with van der Waals surface area (Å²) in [5.74, 6) is 1.29. The second-order valence-corrected chi connectivity index (χ2v) is 5.04. The largest absolute Gasteiger partial charge is 0.483 e. The van der Waals surface area contributed by atoms with Crippen LogP contribution in [0.2, 0.25) is 0 Å². The predicted octanol–water partition coefficient (Wildman–Crippen LogP) is 1.99. The van der Waals surface area contributed by atoms with E-state index in [0.29, 0.717) is 5.75 Å². The highest BCUT2D eigenvalue weighted by atomic mass is 16.5. The molecule has 0 amide bonds. The molecule has 1 aliphatic heterocycles. The van der Waals surface area contributed by atoms with Crippen molar-refractivity contribution in [2.75, 3.05) is 20.3 Å². The van der Waals surface area contributed by atoms with Crippen LogP contribution in [0.3, 0.4) is 0 Å². The van der Waals surface area contributed by atoms with Crippen LogP contribution in [0.5, 0.6) is 11.5 Å². The van der Waals surface area contributed by atoms with Crippen LogP contribution in [0.25, 0.3) is 0 Å². The molecule has 0 atom stereocenters. The summed E-state index contributed by atoms with van der Waals surface area (Å²) in [6.45, 7) is 4.15. The van der Waals surface area contributed by atoms with E-state index in [-0.39, 0.29) is 24.6 Å². The van der Waals surface area contributed by atoms with E-state index < -0.39 is 0 Å². The molecule has 4 heteroatoms. The lowest BCUT2D eigenvalue weighted by molar-refractivity contribution is -0.124. The van der Waals surface area contributed by atoms with Gasteiger partial charge < -0.3 is 14.2 Å². The highest BCUT2D eigenvalue weighted by Crippen LogP contribution is 2.41. The summed E-state index contributed by atoms with van der Waals surface area (Å²) in [6.07, 6.45) is 0.853. The molecule has 0 bridgehead atoms. The fourth-order valence-corrected chi connectivity index (χ4v) is 2.06. The molecule has 4 nitrogen and oxygen atoms in total. The van der Waals surface area contributed by atoms with Gasteiger partial charge in [-0.2, -0.15) is 0 Å². The summed E-state index contributed by atoms with van der Waals surface area (Å²) in [5, 5.41) is 0. The number of para-hydroxylation sites is 1. The lowest BCUT2D eigenvalue weighted by Gasteiger charge is -2.18. The maximum atomic E-state index is 11.4. The molecule has 0 N–H and O–H groups in total. The van der Waals surface area contributed by atoms with Gasteiger partial charge in [0.1, 0.15) is 18.8 Å². The van der Waals surface area contributed by atoms with Crippen LogP contribution in [0, 0.1) is 0 Å². The first-order chi connectivity index (χ1) is 8.52. The Balaban J connectivity index is 2.08. The smallest absolute Gasteiger partial charge is 0.195 e. The van der Waals surface area contributed by atoms with Crippen LogP contribution in [0.15, 0.2) is 18.2 Å². The number of carbonyl (C=O) groups excluding carboxylic acids is 1. The molecule has 1 aromatic carbocycles. The summed E-state index contributed by atoms with van der Waals surface area (Å²) in [5.41, 5.74) is 0.912. The Hall–Kier alpha value is -1.55. The standard InChI is InChI=1S/C14H18O4/c1-14(2)7-10-5-4-6-12(13(10)18-14)17-9-11(15)8-16-3/h4-6H,7-9H2,1-3H3. The second-order valence-electron chi connectivity index (χ2n) is 5.04. The Morgan fingerprint density at radius 2 is 2.17 bits per heavy atom. The van der Waals surface area contributed by atoms with Crippen molar-refractivity contribution in [2.24, 2.45) is 0 Å². The van der Waals surface area contributed by atoms with Crippen LogP contribution >= 0.6 is 0 Å². The molecule has 0 spiro atoms. The number of fused-ring (bicyclic) bond motifs is 1. The summed E-state index contributed by atoms with van der Waals surface area (Å²) in [4.78, 5) is 11.4. The third-order valence-electron chi connectivity index (χ3n) is 2.75. The zero-order valence-corrected chi connectivity index (χ0v) is 11.0. The van der Waals surface area contributed by atoms with Gasteiger partial charge in [0.2, 0.25) is 0 Å². The fraction of sp³-hybridized carbons (Fsp3) is 0.500. The van der Waals surface area contributed by atoms with E-state index in [4.69, 9.17) is 14.2 Å². The van der Waals surface area contributed by atoms with Crippen LogP contribution in [0.1, 0.15) is 19.4 Å². The van der Waals surface area contributed by atoms with Gasteiger partial charge in [0.15, 0.2) is 17.3 Å². The number of benzene rings is 1. The van der Waals surface area contributed by atoms with Gasteiger partial charge in [-0.3, -0.25) is 4.79 Å². The van der Waals surface area contributed by atoms with Crippen molar-refractivity contribution < 1.29 is 19.0 Å². The molecule has 0 radical (unpaired) electrons. The van der Waals surface area contributed by atoms with Gasteiger partial charge in [-0.05, 0) is 19.9 Å². The Morgan fingerprint density at radius 1 is 1.39 bits per heavy atom. The van der Waals surface area contributed by atoms with Gasteiger partial charge in [0, 0.05) is 19.1 Å². The Bertz CT molecular complexity index is 451. The van der Waals surface area contributed by atoms with Gasteiger partial charge >= 0.3 is 0 Å². The van der Waals surface area contributed by atoms with E-state index >= 15 is 0 Å². The molecule has 98 valence electrons. The Labute approximate surface area is 107 Å². The van der Waals surface area contributed by atoms with E-state index in [1.807, 2.05) is 32.0 Å². The molecule has 0 aromatic heterocycles. The molecule has 18 heavy (non-hydrogen) atoms. The third-order valence-corrected chi connectivity index (χ3v) is 2.75. The summed E-state index contributed by atoms with van der Waals surface area (Å²) < 4.78 is 16.1. The van der Waals surface area contributed by atoms with Crippen molar-refractivity contribution in [1.82, 2.24) is 0 Å². The monoisotopic (exact) mass is 250 g/mol. The molecule has 1 heterocycles. The molecule has 0 saturated carbocycles. The normalized spacial score (nSPS) is 15.9. The number of hydrogen-bond donors (Lipinski definition) is 0. The summed E-state index contributed by atoms with van der Waals surface area (Å²) in [6, 6.07) is 5.76. The van der Waals surface area contributed by atoms with E-state index in [0.717, 1.165) is 17.7 Å². The number of carbonyl (C=O) groups is 1. The van der Waals surface area contributed by atoms with Gasteiger partial charge in [0.05, 0.1) is 0 Å². The first kappa shape index (κ1) is 12.9. The predicted molar refractivity (Wildman–Crippen MR) is 67.2 cm³/mol. The number of hydrogen-bond acceptors (Lipinski definition) is 4. The highest BCUT2D eigenvalue weighted by Gasteiger charge is 2.32. The number of methoxy groups -OCH3 is 1. The van der Waals surface area contributed by atoms with E-state index in [9.17, 15) is 4.79 Å². The molecule has 0 saturated heterocycles. The van der Waals surface area contributed by atoms with Crippen molar-refractivity contribution in [3.63, 3.8) is 0 Å². The van der Waals surface area contributed by atoms with Crippen LogP contribution in [0.4, 0.5) is 0 Å². The fourth-order valence-electron chi connectivity index (χ4n) is 2.06. The molecule has 1 aromatic rings. The average Bonchev–Trinajstić information content (AvgIpc) is 2.61. The minimum absolute atomic E-state index is 0.00802. The van der Waals surface area contributed by atoms with Crippen molar-refractivity contribution in [3.05, 3.63) is 23.8 Å². The second kappa shape index (κ2) is 4.98. The lowest BCUT2D eigenvalue weighted by atomic mass is 10.0. The first-order valence-electron chi connectivity index (χ1n) is 5.96. The number of ether oxygens (including phenoxy) is 3. The van der Waals surface area contributed by atoms with E-state index in [1.165, 1.54) is 7.11 Å². The number of ketones is 1.